The van der Waals surface area contributed by atoms with Gasteiger partial charge in [0.25, 0.3) is 6.01 Å². The monoisotopic (exact) mass is 246 g/mol. The minimum absolute atomic E-state index is 0.785. The first-order chi connectivity index (χ1) is 8.83. The lowest BCUT2D eigenvalue weighted by Gasteiger charge is -2.28. The third kappa shape index (κ3) is 2.66. The third-order valence-electron chi connectivity index (χ3n) is 3.34. The van der Waals surface area contributed by atoms with Crippen molar-refractivity contribution in [2.24, 2.45) is 5.92 Å². The summed E-state index contributed by atoms with van der Waals surface area (Å²) in [4.78, 5) is 6.77. The number of rotatable bonds is 1. The fourth-order valence-corrected chi connectivity index (χ4v) is 2.20. The highest BCUT2D eigenvalue weighted by Crippen LogP contribution is 2.25. The molecule has 1 aromatic carbocycles. The molecular weight excluding hydrogens is 224 g/mol. The lowest BCUT2D eigenvalue weighted by molar-refractivity contribution is 0.417. The molecule has 18 heavy (non-hydrogen) atoms. The van der Waals surface area contributed by atoms with Crippen molar-refractivity contribution in [1.29, 1.82) is 0 Å². The van der Waals surface area contributed by atoms with Crippen LogP contribution < -0.4 is 4.90 Å². The average Bonchev–Trinajstić information content (AvgIpc) is 2.85. The van der Waals surface area contributed by atoms with E-state index in [-0.39, 0.29) is 0 Å². The molecule has 1 aromatic heterocycles. The Morgan fingerprint density at radius 3 is 2.50 bits per heavy atom. The fourth-order valence-electron chi connectivity index (χ4n) is 2.20. The van der Waals surface area contributed by atoms with E-state index in [1.807, 2.05) is 38.1 Å². The standard InChI is InChI=1S/C13H16N2O.C2H6/c1-10-6-8-15(9-7-10)13-14-11-4-2-3-5-12(11)16-13;1-2/h2-5,10H,6-9H2,1H3;1-2H3. The van der Waals surface area contributed by atoms with E-state index in [1.54, 1.807) is 0 Å². The highest BCUT2D eigenvalue weighted by molar-refractivity contribution is 5.74. The molecule has 2 aromatic rings. The summed E-state index contributed by atoms with van der Waals surface area (Å²) in [5.74, 6) is 0.834. The van der Waals surface area contributed by atoms with Gasteiger partial charge in [0.15, 0.2) is 5.58 Å². The van der Waals surface area contributed by atoms with Gasteiger partial charge in [0.2, 0.25) is 0 Å². The summed E-state index contributed by atoms with van der Waals surface area (Å²) in [5.41, 5.74) is 1.84. The topological polar surface area (TPSA) is 29.3 Å². The largest absolute Gasteiger partial charge is 0.423 e. The van der Waals surface area contributed by atoms with Crippen molar-refractivity contribution in [1.82, 2.24) is 4.98 Å². The van der Waals surface area contributed by atoms with Crippen molar-refractivity contribution in [3.05, 3.63) is 24.3 Å². The van der Waals surface area contributed by atoms with Gasteiger partial charge in [-0.05, 0) is 30.9 Å². The summed E-state index contributed by atoms with van der Waals surface area (Å²) >= 11 is 0. The van der Waals surface area contributed by atoms with E-state index in [9.17, 15) is 0 Å². The molecule has 0 N–H and O–H groups in total. The molecule has 2 heterocycles. The van der Waals surface area contributed by atoms with Gasteiger partial charge in [-0.15, -0.1) is 0 Å². The van der Waals surface area contributed by atoms with Crippen molar-refractivity contribution in [2.45, 2.75) is 33.6 Å². The van der Waals surface area contributed by atoms with E-state index < -0.39 is 0 Å². The van der Waals surface area contributed by atoms with Crippen LogP contribution in [-0.4, -0.2) is 18.1 Å². The third-order valence-corrected chi connectivity index (χ3v) is 3.34. The predicted octanol–water partition coefficient (Wildman–Crippen LogP) is 4.09. The van der Waals surface area contributed by atoms with Crippen molar-refractivity contribution < 1.29 is 4.42 Å². The number of hydrogen-bond acceptors (Lipinski definition) is 3. The van der Waals surface area contributed by atoms with Crippen LogP contribution >= 0.6 is 0 Å². The number of fused-ring (bicyclic) bond motifs is 1. The van der Waals surface area contributed by atoms with Crippen molar-refractivity contribution in [3.63, 3.8) is 0 Å². The van der Waals surface area contributed by atoms with Crippen molar-refractivity contribution in [3.8, 4) is 0 Å². The van der Waals surface area contributed by atoms with Crippen LogP contribution in [0, 0.1) is 5.92 Å². The Labute approximate surface area is 109 Å². The summed E-state index contributed by atoms with van der Waals surface area (Å²) in [6.45, 7) is 8.44. The highest BCUT2D eigenvalue weighted by Gasteiger charge is 2.19. The van der Waals surface area contributed by atoms with Gasteiger partial charge in [0.05, 0.1) is 0 Å². The number of anilines is 1. The van der Waals surface area contributed by atoms with Crippen LogP contribution in [0.1, 0.15) is 33.6 Å². The molecule has 0 aliphatic carbocycles. The summed E-state index contributed by atoms with van der Waals surface area (Å²) in [5, 5.41) is 0. The Morgan fingerprint density at radius 1 is 1.17 bits per heavy atom. The maximum absolute atomic E-state index is 5.76. The number of benzene rings is 1. The van der Waals surface area contributed by atoms with Gasteiger partial charge in [-0.2, -0.15) is 4.98 Å². The quantitative estimate of drug-likeness (QED) is 0.759. The number of hydrogen-bond donors (Lipinski definition) is 0. The normalized spacial score (nSPS) is 16.5. The summed E-state index contributed by atoms with van der Waals surface area (Å²) in [6, 6.07) is 8.73. The number of para-hydroxylation sites is 2. The van der Waals surface area contributed by atoms with Gasteiger partial charge in [-0.25, -0.2) is 0 Å². The van der Waals surface area contributed by atoms with Gasteiger partial charge in [-0.1, -0.05) is 32.9 Å². The molecule has 1 aliphatic heterocycles. The molecule has 3 heteroatoms. The lowest BCUT2D eigenvalue weighted by atomic mass is 10.00. The van der Waals surface area contributed by atoms with Gasteiger partial charge in [-0.3, -0.25) is 0 Å². The van der Waals surface area contributed by atoms with Crippen LogP contribution in [0.2, 0.25) is 0 Å². The number of nitrogens with zero attached hydrogens (tertiary/aromatic N) is 2. The van der Waals surface area contributed by atoms with Crippen LogP contribution in [0.3, 0.4) is 0 Å². The second-order valence-electron chi connectivity index (χ2n) is 4.63. The molecule has 0 spiro atoms. The zero-order valence-corrected chi connectivity index (χ0v) is 11.5. The van der Waals surface area contributed by atoms with E-state index in [2.05, 4.69) is 16.8 Å². The van der Waals surface area contributed by atoms with Gasteiger partial charge in [0.1, 0.15) is 5.52 Å². The number of aromatic nitrogens is 1. The number of piperidine rings is 1. The molecule has 1 fully saturated rings. The maximum Gasteiger partial charge on any atom is 0.298 e. The van der Waals surface area contributed by atoms with Crippen LogP contribution in [0.4, 0.5) is 6.01 Å². The van der Waals surface area contributed by atoms with Gasteiger partial charge in [0, 0.05) is 13.1 Å². The Bertz CT molecular complexity index is 451. The van der Waals surface area contributed by atoms with E-state index >= 15 is 0 Å². The molecule has 3 rings (SSSR count). The molecule has 0 bridgehead atoms. The van der Waals surface area contributed by atoms with E-state index in [4.69, 9.17) is 4.42 Å². The van der Waals surface area contributed by atoms with Crippen LogP contribution in [0.15, 0.2) is 28.7 Å². The molecule has 3 nitrogen and oxygen atoms in total. The molecule has 0 unspecified atom stereocenters. The molecule has 0 radical (unpaired) electrons. The Kier molecular flexibility index (Phi) is 4.24. The van der Waals surface area contributed by atoms with Crippen molar-refractivity contribution in [2.75, 3.05) is 18.0 Å². The Morgan fingerprint density at radius 2 is 1.83 bits per heavy atom. The molecule has 0 amide bonds. The van der Waals surface area contributed by atoms with Crippen molar-refractivity contribution >= 4 is 17.1 Å². The first-order valence-corrected chi connectivity index (χ1v) is 6.93. The smallest absolute Gasteiger partial charge is 0.298 e. The van der Waals surface area contributed by atoms with E-state index in [1.165, 1.54) is 12.8 Å². The predicted molar refractivity (Wildman–Crippen MR) is 76.0 cm³/mol. The zero-order valence-electron chi connectivity index (χ0n) is 11.5. The molecule has 0 atom stereocenters. The average molecular weight is 246 g/mol. The highest BCUT2D eigenvalue weighted by atomic mass is 16.4. The van der Waals surface area contributed by atoms with Crippen LogP contribution in [0.5, 0.6) is 0 Å². The lowest BCUT2D eigenvalue weighted by Crippen LogP contribution is -2.32. The summed E-state index contributed by atoms with van der Waals surface area (Å²) in [6.07, 6.45) is 2.47. The molecule has 1 saturated heterocycles. The SMILES string of the molecule is CC.CC1CCN(c2nc3ccccc3o2)CC1. The van der Waals surface area contributed by atoms with Crippen LogP contribution in [0.25, 0.3) is 11.1 Å². The number of oxazole rings is 1. The fraction of sp³-hybridized carbons (Fsp3) is 0.533. The first kappa shape index (κ1) is 12.9. The zero-order chi connectivity index (χ0) is 13.0. The van der Waals surface area contributed by atoms with Gasteiger partial charge < -0.3 is 9.32 Å². The first-order valence-electron chi connectivity index (χ1n) is 6.93. The minimum Gasteiger partial charge on any atom is -0.423 e. The van der Waals surface area contributed by atoms with E-state index in [0.717, 1.165) is 36.1 Å². The molecular formula is C15H22N2O. The Hall–Kier alpha value is -1.51. The van der Waals surface area contributed by atoms with Gasteiger partial charge >= 0.3 is 0 Å². The second kappa shape index (κ2) is 5.89. The molecule has 0 saturated carbocycles. The van der Waals surface area contributed by atoms with E-state index in [0.29, 0.717) is 0 Å². The summed E-state index contributed by atoms with van der Waals surface area (Å²) < 4.78 is 5.76. The second-order valence-corrected chi connectivity index (χ2v) is 4.63. The summed E-state index contributed by atoms with van der Waals surface area (Å²) in [7, 11) is 0. The minimum atomic E-state index is 0.785. The maximum atomic E-state index is 5.76. The molecule has 1 aliphatic rings. The molecule has 98 valence electrons. The Balaban J connectivity index is 0.000000574. The van der Waals surface area contributed by atoms with Crippen LogP contribution in [-0.2, 0) is 0 Å².